The van der Waals surface area contributed by atoms with Crippen LogP contribution in [-0.4, -0.2) is 49.4 Å². The number of anilines is 1. The van der Waals surface area contributed by atoms with Gasteiger partial charge in [-0.05, 0) is 56.4 Å². The zero-order chi connectivity index (χ0) is 27.8. The molecule has 0 radical (unpaired) electrons. The predicted octanol–water partition coefficient (Wildman–Crippen LogP) is 3.47. The molecule has 15 heteroatoms. The SMILES string of the molecule is Cc1nocc1C(=O)NC(C(=O)Nc1cn(C(CC(F)F)c2cc(Cl)n[nH]c2=O)nc1F)C(C1CC1)C1CC1. The Bertz CT molecular complexity index is 1420. The van der Waals surface area contributed by atoms with Gasteiger partial charge in [0.2, 0.25) is 12.3 Å². The lowest BCUT2D eigenvalue weighted by molar-refractivity contribution is -0.119. The summed E-state index contributed by atoms with van der Waals surface area (Å²) in [6, 6.07) is -1.29. The molecular formula is C24H25ClF3N7O4. The molecule has 2 fully saturated rings. The lowest BCUT2D eigenvalue weighted by Crippen LogP contribution is -2.50. The first-order valence-corrected chi connectivity index (χ1v) is 12.8. The molecule has 39 heavy (non-hydrogen) atoms. The van der Waals surface area contributed by atoms with Crippen LogP contribution < -0.4 is 16.2 Å². The van der Waals surface area contributed by atoms with Crippen LogP contribution in [0, 0.1) is 30.6 Å². The Labute approximate surface area is 224 Å². The molecular weight excluding hydrogens is 543 g/mol. The molecule has 11 nitrogen and oxygen atoms in total. The van der Waals surface area contributed by atoms with E-state index in [-0.39, 0.29) is 39.7 Å². The monoisotopic (exact) mass is 567 g/mol. The number of carbonyl (C=O) groups excluding carboxylic acids is 2. The maximum absolute atomic E-state index is 14.9. The highest BCUT2D eigenvalue weighted by Gasteiger charge is 2.48. The third kappa shape index (κ3) is 6.00. The molecule has 2 aliphatic rings. The minimum atomic E-state index is -2.87. The highest BCUT2D eigenvalue weighted by molar-refractivity contribution is 6.29. The zero-order valence-corrected chi connectivity index (χ0v) is 21.4. The van der Waals surface area contributed by atoms with Crippen LogP contribution in [0.1, 0.15) is 59.8 Å². The number of nitrogens with one attached hydrogen (secondary N) is 3. The molecule has 3 aromatic rings. The molecule has 2 amide bonds. The van der Waals surface area contributed by atoms with Gasteiger partial charge in [0, 0.05) is 12.0 Å². The molecule has 2 unspecified atom stereocenters. The van der Waals surface area contributed by atoms with E-state index in [0.717, 1.165) is 42.6 Å². The molecule has 3 aromatic heterocycles. The van der Waals surface area contributed by atoms with Gasteiger partial charge in [-0.25, -0.2) is 13.9 Å². The number of hydrogen-bond donors (Lipinski definition) is 3. The second-order valence-electron chi connectivity index (χ2n) is 9.94. The Morgan fingerprint density at radius 3 is 2.54 bits per heavy atom. The van der Waals surface area contributed by atoms with Gasteiger partial charge in [-0.1, -0.05) is 16.8 Å². The molecule has 2 aliphatic carbocycles. The van der Waals surface area contributed by atoms with Gasteiger partial charge in [-0.15, -0.1) is 5.10 Å². The molecule has 0 aromatic carbocycles. The van der Waals surface area contributed by atoms with Crippen LogP contribution in [0.5, 0.6) is 0 Å². The van der Waals surface area contributed by atoms with Crippen LogP contribution in [0.15, 0.2) is 27.8 Å². The molecule has 0 aliphatic heterocycles. The first-order valence-electron chi connectivity index (χ1n) is 12.4. The van der Waals surface area contributed by atoms with Gasteiger partial charge in [0.1, 0.15) is 28.7 Å². The predicted molar refractivity (Wildman–Crippen MR) is 131 cm³/mol. The average molecular weight is 568 g/mol. The summed E-state index contributed by atoms with van der Waals surface area (Å²) < 4.78 is 47.5. The molecule has 2 saturated carbocycles. The van der Waals surface area contributed by atoms with Crippen LogP contribution >= 0.6 is 11.6 Å². The summed E-state index contributed by atoms with van der Waals surface area (Å²) in [6.07, 6.45) is 2.12. The van der Waals surface area contributed by atoms with Gasteiger partial charge in [-0.2, -0.15) is 9.49 Å². The van der Waals surface area contributed by atoms with E-state index in [2.05, 4.69) is 31.1 Å². The summed E-state index contributed by atoms with van der Waals surface area (Å²) in [4.78, 5) is 38.8. The van der Waals surface area contributed by atoms with E-state index in [0.29, 0.717) is 5.69 Å². The molecule has 5 rings (SSSR count). The quantitative estimate of drug-likeness (QED) is 0.321. The van der Waals surface area contributed by atoms with E-state index >= 15 is 0 Å². The third-order valence-electron chi connectivity index (χ3n) is 7.11. The van der Waals surface area contributed by atoms with Crippen molar-refractivity contribution >= 4 is 29.1 Å². The van der Waals surface area contributed by atoms with Gasteiger partial charge in [0.25, 0.3) is 17.4 Å². The number of amides is 2. The Kier molecular flexibility index (Phi) is 7.47. The zero-order valence-electron chi connectivity index (χ0n) is 20.7. The lowest BCUT2D eigenvalue weighted by atomic mass is 9.88. The Morgan fingerprint density at radius 1 is 1.26 bits per heavy atom. The van der Waals surface area contributed by atoms with Gasteiger partial charge in [-0.3, -0.25) is 19.1 Å². The number of aryl methyl sites for hydroxylation is 1. The molecule has 2 atom stereocenters. The Balaban J connectivity index is 1.42. The van der Waals surface area contributed by atoms with Crippen molar-refractivity contribution in [3.63, 3.8) is 0 Å². The molecule has 3 N–H and O–H groups in total. The van der Waals surface area contributed by atoms with E-state index in [1.54, 1.807) is 6.92 Å². The normalized spacial score (nSPS) is 16.9. The standard InChI is InChI=1S/C24H25ClF3N7O4/c1-10-14(9-39-34-10)22(36)30-20(19(11-2-3-11)12-4-5-12)24(38)29-15-8-35(33-21(15)28)16(7-18(26)27)13-6-17(25)31-32-23(13)37/h6,8-9,11-12,16,18-20H,2-5,7H2,1H3,(H,29,38)(H,30,36)(H,32,37). The number of aromatic amines is 1. The fourth-order valence-corrected chi connectivity index (χ4v) is 5.13. The fourth-order valence-electron chi connectivity index (χ4n) is 4.97. The minimum Gasteiger partial charge on any atom is -0.364 e. The second kappa shape index (κ2) is 10.8. The number of nitrogens with zero attached hydrogens (tertiary/aromatic N) is 4. The summed E-state index contributed by atoms with van der Waals surface area (Å²) in [5, 5.41) is 18.0. The number of carbonyl (C=O) groups is 2. The van der Waals surface area contributed by atoms with Gasteiger partial charge in [0.15, 0.2) is 0 Å². The maximum atomic E-state index is 14.9. The second-order valence-corrected chi connectivity index (χ2v) is 10.3. The van der Waals surface area contributed by atoms with E-state index < -0.39 is 48.3 Å². The smallest absolute Gasteiger partial charge is 0.269 e. The van der Waals surface area contributed by atoms with Crippen molar-refractivity contribution in [1.29, 1.82) is 0 Å². The van der Waals surface area contributed by atoms with E-state index in [9.17, 15) is 27.6 Å². The Morgan fingerprint density at radius 2 is 1.95 bits per heavy atom. The van der Waals surface area contributed by atoms with Crippen molar-refractivity contribution in [3.8, 4) is 0 Å². The maximum Gasteiger partial charge on any atom is 0.269 e. The van der Waals surface area contributed by atoms with Gasteiger partial charge >= 0.3 is 0 Å². The van der Waals surface area contributed by atoms with Crippen molar-refractivity contribution in [3.05, 3.63) is 56.8 Å². The topological polar surface area (TPSA) is 148 Å². The first-order chi connectivity index (χ1) is 18.6. The van der Waals surface area contributed by atoms with E-state index in [1.165, 1.54) is 6.26 Å². The largest absolute Gasteiger partial charge is 0.364 e. The summed E-state index contributed by atoms with van der Waals surface area (Å²) >= 11 is 5.83. The lowest BCUT2D eigenvalue weighted by Gasteiger charge is -2.27. The Hall–Kier alpha value is -3.68. The molecule has 0 bridgehead atoms. The molecule has 3 heterocycles. The van der Waals surface area contributed by atoms with Gasteiger partial charge < -0.3 is 15.2 Å². The number of aromatic nitrogens is 5. The molecule has 208 valence electrons. The third-order valence-corrected chi connectivity index (χ3v) is 7.30. The first kappa shape index (κ1) is 26.9. The summed E-state index contributed by atoms with van der Waals surface area (Å²) in [5.41, 5.74) is -0.859. The van der Waals surface area contributed by atoms with E-state index in [4.69, 9.17) is 16.1 Å². The highest BCUT2D eigenvalue weighted by Crippen LogP contribution is 2.51. The van der Waals surface area contributed by atoms with Crippen molar-refractivity contribution in [1.82, 2.24) is 30.5 Å². The summed E-state index contributed by atoms with van der Waals surface area (Å²) in [5.74, 6) is -2.05. The van der Waals surface area contributed by atoms with Crippen molar-refractivity contribution in [2.24, 2.45) is 17.8 Å². The van der Waals surface area contributed by atoms with Crippen LogP contribution in [0.3, 0.4) is 0 Å². The number of rotatable bonds is 11. The van der Waals surface area contributed by atoms with Crippen LogP contribution in [-0.2, 0) is 4.79 Å². The van der Waals surface area contributed by atoms with Crippen molar-refractivity contribution in [2.75, 3.05) is 5.32 Å². The number of alkyl halides is 2. The highest BCUT2D eigenvalue weighted by atomic mass is 35.5. The number of H-pyrrole nitrogens is 1. The molecule has 0 saturated heterocycles. The average Bonchev–Trinajstić information content (AvgIpc) is 3.81. The van der Waals surface area contributed by atoms with Gasteiger partial charge in [0.05, 0.1) is 17.9 Å². The number of hydrogen-bond acceptors (Lipinski definition) is 7. The summed E-state index contributed by atoms with van der Waals surface area (Å²) in [6.45, 7) is 1.59. The summed E-state index contributed by atoms with van der Waals surface area (Å²) in [7, 11) is 0. The molecule has 0 spiro atoms. The minimum absolute atomic E-state index is 0.155. The van der Waals surface area contributed by atoms with Crippen LogP contribution in [0.25, 0.3) is 0 Å². The van der Waals surface area contributed by atoms with Crippen LogP contribution in [0.2, 0.25) is 5.15 Å². The number of halogens is 4. The van der Waals surface area contributed by atoms with Crippen molar-refractivity contribution < 1.29 is 27.3 Å². The van der Waals surface area contributed by atoms with Crippen molar-refractivity contribution in [2.45, 2.75) is 57.5 Å². The van der Waals surface area contributed by atoms with Crippen LogP contribution in [0.4, 0.5) is 18.9 Å². The fraction of sp³-hybridized carbons (Fsp3) is 0.500. The van der Waals surface area contributed by atoms with E-state index in [1.807, 2.05) is 0 Å².